The lowest BCUT2D eigenvalue weighted by Crippen LogP contribution is -2.11. The van der Waals surface area contributed by atoms with Gasteiger partial charge in [-0.15, -0.1) is 0 Å². The van der Waals surface area contributed by atoms with Crippen molar-refractivity contribution in [1.82, 2.24) is 0 Å². The zero-order valence-electron chi connectivity index (χ0n) is 7.43. The Kier molecular flexibility index (Phi) is 6.33. The van der Waals surface area contributed by atoms with Crippen LogP contribution < -0.4 is 0 Å². The fourth-order valence-corrected chi connectivity index (χ4v) is 1.32. The third-order valence-corrected chi connectivity index (χ3v) is 2.04. The second kappa shape index (κ2) is 6.47. The molecule has 0 atom stereocenters. The van der Waals surface area contributed by atoms with Gasteiger partial charge in [0.25, 0.3) is 0 Å². The first kappa shape index (κ1) is 10.8. The molecular formula is C8H16ClNO. The maximum atomic E-state index is 5.05. The number of nitrogens with zero attached hydrogens (tertiary/aromatic N) is 1. The van der Waals surface area contributed by atoms with Gasteiger partial charge >= 0.3 is 0 Å². The zero-order valence-corrected chi connectivity index (χ0v) is 8.19. The van der Waals surface area contributed by atoms with Gasteiger partial charge in [-0.05, 0) is 19.3 Å². The molecular weight excluding hydrogens is 162 g/mol. The summed E-state index contributed by atoms with van der Waals surface area (Å²) in [5.41, 5.74) is 1.06. The largest absolute Gasteiger partial charge is 0.277 e. The summed E-state index contributed by atoms with van der Waals surface area (Å²) >= 11 is 5.05. The van der Waals surface area contributed by atoms with Crippen LogP contribution in [0.3, 0.4) is 0 Å². The van der Waals surface area contributed by atoms with Crippen LogP contribution in [0.1, 0.15) is 40.0 Å². The zero-order chi connectivity index (χ0) is 8.69. The van der Waals surface area contributed by atoms with Crippen molar-refractivity contribution in [2.75, 3.05) is 0 Å². The van der Waals surface area contributed by atoms with Crippen LogP contribution in [0.4, 0.5) is 0 Å². The summed E-state index contributed by atoms with van der Waals surface area (Å²) in [5, 5.41) is 3.77. The van der Waals surface area contributed by atoms with Crippen molar-refractivity contribution in [2.45, 2.75) is 40.0 Å². The van der Waals surface area contributed by atoms with Gasteiger partial charge in [-0.3, -0.25) is 4.39 Å². The minimum absolute atomic E-state index is 0.527. The molecule has 0 aromatic heterocycles. The summed E-state index contributed by atoms with van der Waals surface area (Å²) < 4.78 is 4.24. The van der Waals surface area contributed by atoms with E-state index in [4.69, 9.17) is 11.9 Å². The second-order valence-electron chi connectivity index (χ2n) is 2.52. The van der Waals surface area contributed by atoms with E-state index in [-0.39, 0.29) is 0 Å². The Bertz CT molecular complexity index is 121. The Morgan fingerprint density at radius 1 is 1.36 bits per heavy atom. The average molecular weight is 178 g/mol. The molecule has 0 aliphatic carbocycles. The molecule has 0 amide bonds. The minimum atomic E-state index is 0.527. The van der Waals surface area contributed by atoms with Crippen LogP contribution in [-0.4, -0.2) is 5.71 Å². The molecule has 0 spiro atoms. The molecule has 0 unspecified atom stereocenters. The van der Waals surface area contributed by atoms with E-state index in [1.165, 1.54) is 0 Å². The van der Waals surface area contributed by atoms with E-state index >= 15 is 0 Å². The lowest BCUT2D eigenvalue weighted by atomic mass is 9.96. The van der Waals surface area contributed by atoms with Gasteiger partial charge in [0.2, 0.25) is 0 Å². The first-order valence-corrected chi connectivity index (χ1v) is 4.45. The normalized spacial score (nSPS) is 12.3. The lowest BCUT2D eigenvalue weighted by Gasteiger charge is -2.11. The number of rotatable bonds is 5. The predicted molar refractivity (Wildman–Crippen MR) is 48.7 cm³/mol. The minimum Gasteiger partial charge on any atom is -0.277 e. The molecule has 0 N–H and O–H groups in total. The van der Waals surface area contributed by atoms with Crippen LogP contribution in [0.5, 0.6) is 0 Å². The Hall–Kier alpha value is -0.240. The monoisotopic (exact) mass is 177 g/mol. The summed E-state index contributed by atoms with van der Waals surface area (Å²) in [7, 11) is 0. The van der Waals surface area contributed by atoms with E-state index < -0.39 is 0 Å². The molecule has 0 aliphatic heterocycles. The van der Waals surface area contributed by atoms with Crippen molar-refractivity contribution in [3.05, 3.63) is 0 Å². The van der Waals surface area contributed by atoms with Crippen LogP contribution in [0, 0.1) is 5.92 Å². The van der Waals surface area contributed by atoms with E-state index in [0.717, 1.165) is 25.0 Å². The lowest BCUT2D eigenvalue weighted by molar-refractivity contribution is 0.372. The fourth-order valence-electron chi connectivity index (χ4n) is 1.23. The van der Waals surface area contributed by atoms with Crippen molar-refractivity contribution >= 4 is 17.6 Å². The average Bonchev–Trinajstić information content (AvgIpc) is 2.05. The Morgan fingerprint density at radius 3 is 2.18 bits per heavy atom. The highest BCUT2D eigenvalue weighted by Crippen LogP contribution is 2.12. The molecule has 2 nitrogen and oxygen atoms in total. The van der Waals surface area contributed by atoms with Gasteiger partial charge in [0.15, 0.2) is 11.9 Å². The highest BCUT2D eigenvalue weighted by atomic mass is 35.5. The molecule has 0 rings (SSSR count). The van der Waals surface area contributed by atoms with Crippen LogP contribution in [0.25, 0.3) is 0 Å². The van der Waals surface area contributed by atoms with Gasteiger partial charge in [-0.1, -0.05) is 25.9 Å². The van der Waals surface area contributed by atoms with Gasteiger partial charge in [-0.2, -0.15) is 0 Å². The Labute approximate surface area is 73.7 Å². The first-order valence-electron chi connectivity index (χ1n) is 4.14. The molecule has 0 aromatic rings. The molecule has 0 bridgehead atoms. The molecule has 0 saturated carbocycles. The quantitative estimate of drug-likeness (QED) is 0.466. The molecule has 0 radical (unpaired) electrons. The molecule has 11 heavy (non-hydrogen) atoms. The summed E-state index contributed by atoms with van der Waals surface area (Å²) in [4.78, 5) is 0. The Balaban J connectivity index is 4.09. The maximum Gasteiger partial charge on any atom is 0.167 e. The van der Waals surface area contributed by atoms with Crippen LogP contribution in [0.2, 0.25) is 0 Å². The molecule has 0 aromatic carbocycles. The van der Waals surface area contributed by atoms with Crippen LogP contribution in [-0.2, 0) is 4.39 Å². The maximum absolute atomic E-state index is 5.05. The molecule has 0 fully saturated rings. The first-order chi connectivity index (χ1) is 5.29. The summed E-state index contributed by atoms with van der Waals surface area (Å²) in [5.74, 6) is 0.527. The van der Waals surface area contributed by atoms with Gasteiger partial charge in [0, 0.05) is 5.92 Å². The molecule has 66 valence electrons. The van der Waals surface area contributed by atoms with Crippen molar-refractivity contribution < 1.29 is 4.39 Å². The molecule has 0 aliphatic rings. The number of oxime groups is 1. The number of hydrogen-bond acceptors (Lipinski definition) is 2. The molecule has 3 heteroatoms. The van der Waals surface area contributed by atoms with Crippen molar-refractivity contribution in [2.24, 2.45) is 11.1 Å². The van der Waals surface area contributed by atoms with E-state index in [0.29, 0.717) is 5.92 Å². The molecule has 0 heterocycles. The van der Waals surface area contributed by atoms with E-state index in [9.17, 15) is 0 Å². The van der Waals surface area contributed by atoms with Crippen LogP contribution >= 0.6 is 11.9 Å². The Morgan fingerprint density at radius 2 is 1.91 bits per heavy atom. The predicted octanol–water partition coefficient (Wildman–Crippen LogP) is 3.36. The van der Waals surface area contributed by atoms with Crippen molar-refractivity contribution in [3.8, 4) is 0 Å². The number of hydrogen-bond donors (Lipinski definition) is 0. The van der Waals surface area contributed by atoms with Crippen LogP contribution in [0.15, 0.2) is 5.16 Å². The smallest absolute Gasteiger partial charge is 0.167 e. The van der Waals surface area contributed by atoms with Gasteiger partial charge in [0.1, 0.15) is 0 Å². The third kappa shape index (κ3) is 3.61. The summed E-state index contributed by atoms with van der Waals surface area (Å²) in [6, 6.07) is 0. The van der Waals surface area contributed by atoms with E-state index in [1.807, 2.05) is 0 Å². The van der Waals surface area contributed by atoms with E-state index in [2.05, 4.69) is 30.3 Å². The van der Waals surface area contributed by atoms with Gasteiger partial charge in [-0.25, -0.2) is 0 Å². The van der Waals surface area contributed by atoms with Crippen molar-refractivity contribution in [1.29, 1.82) is 0 Å². The standard InChI is InChI=1S/C8H16ClNO/c1-4-7(5-2)8(6-3)10-11-9/h7H,4-6H2,1-3H3. The highest BCUT2D eigenvalue weighted by Gasteiger charge is 2.10. The topological polar surface area (TPSA) is 21.6 Å². The van der Waals surface area contributed by atoms with Gasteiger partial charge in [0.05, 0.1) is 5.71 Å². The number of halogens is 1. The van der Waals surface area contributed by atoms with Crippen molar-refractivity contribution in [3.63, 3.8) is 0 Å². The summed E-state index contributed by atoms with van der Waals surface area (Å²) in [6.45, 7) is 6.36. The SMILES string of the molecule is CCC(=NOCl)C(CC)CC. The second-order valence-corrected chi connectivity index (χ2v) is 2.66. The fraction of sp³-hybridized carbons (Fsp3) is 0.875. The van der Waals surface area contributed by atoms with Gasteiger partial charge < -0.3 is 0 Å². The third-order valence-electron chi connectivity index (χ3n) is 1.97. The highest BCUT2D eigenvalue weighted by molar-refractivity contribution is 6.07. The summed E-state index contributed by atoms with van der Waals surface area (Å²) in [6.07, 6.45) is 3.12. The van der Waals surface area contributed by atoms with E-state index in [1.54, 1.807) is 0 Å². The molecule has 0 saturated heterocycles.